The van der Waals surface area contributed by atoms with Crippen molar-refractivity contribution in [3.8, 4) is 0 Å². The molecule has 3 fully saturated rings. The minimum atomic E-state index is -0.415. The van der Waals surface area contributed by atoms with Crippen LogP contribution in [0.2, 0.25) is 5.02 Å². The average Bonchev–Trinajstić information content (AvgIpc) is 3.08. The molecule has 0 aromatic heterocycles. The zero-order valence-corrected chi connectivity index (χ0v) is 17.8. The number of urea groups is 1. The van der Waals surface area contributed by atoms with Crippen molar-refractivity contribution >= 4 is 29.2 Å². The van der Waals surface area contributed by atoms with Gasteiger partial charge >= 0.3 is 6.03 Å². The maximum atomic E-state index is 13.3. The number of carbonyl (C=O) groups excluding carboxylic acids is 2. The lowest BCUT2D eigenvalue weighted by molar-refractivity contribution is -0.139. The van der Waals surface area contributed by atoms with Gasteiger partial charge in [0.15, 0.2) is 0 Å². The molecule has 29 heavy (non-hydrogen) atoms. The highest BCUT2D eigenvalue weighted by molar-refractivity contribution is 6.30. The van der Waals surface area contributed by atoms with Gasteiger partial charge in [-0.25, -0.2) is 4.79 Å². The molecular weight excluding hydrogens is 394 g/mol. The first kappa shape index (κ1) is 20.4. The van der Waals surface area contributed by atoms with Gasteiger partial charge in [-0.1, -0.05) is 18.5 Å². The van der Waals surface area contributed by atoms with Crippen molar-refractivity contribution in [2.24, 2.45) is 5.92 Å². The van der Waals surface area contributed by atoms with Crippen LogP contribution in [0.15, 0.2) is 24.3 Å². The number of amides is 3. The number of anilines is 1. The topological polar surface area (TPSA) is 68.4 Å². The molecule has 1 aromatic rings. The Kier molecular flexibility index (Phi) is 5.70. The number of ether oxygens (including phenoxy) is 1. The SMILES string of the molecule is CCOCCN1C(=O)C2C(NC3N(c4ccc(Cl)cc4)CC(C)CN23)N(C)C1=O. The van der Waals surface area contributed by atoms with Crippen LogP contribution in [0.1, 0.15) is 13.8 Å². The van der Waals surface area contributed by atoms with E-state index in [1.54, 1.807) is 11.9 Å². The number of benzene rings is 1. The lowest BCUT2D eigenvalue weighted by Crippen LogP contribution is -2.67. The molecule has 3 amide bonds. The van der Waals surface area contributed by atoms with Crippen molar-refractivity contribution in [2.45, 2.75) is 32.3 Å². The molecule has 4 atom stereocenters. The third-order valence-corrected chi connectivity index (χ3v) is 6.16. The third-order valence-electron chi connectivity index (χ3n) is 5.91. The van der Waals surface area contributed by atoms with Crippen LogP contribution in [-0.2, 0) is 9.53 Å². The van der Waals surface area contributed by atoms with Gasteiger partial charge in [0.05, 0.1) is 13.2 Å². The Bertz CT molecular complexity index is 776. The molecule has 3 aliphatic heterocycles. The largest absolute Gasteiger partial charge is 0.380 e. The van der Waals surface area contributed by atoms with Crippen molar-refractivity contribution < 1.29 is 14.3 Å². The fourth-order valence-corrected chi connectivity index (χ4v) is 4.68. The summed E-state index contributed by atoms with van der Waals surface area (Å²) < 4.78 is 5.37. The molecule has 0 aliphatic carbocycles. The van der Waals surface area contributed by atoms with E-state index >= 15 is 0 Å². The first-order chi connectivity index (χ1) is 13.9. The number of rotatable bonds is 5. The Morgan fingerprint density at radius 2 is 1.93 bits per heavy atom. The van der Waals surface area contributed by atoms with Gasteiger partial charge in [-0.15, -0.1) is 0 Å². The van der Waals surface area contributed by atoms with E-state index in [0.29, 0.717) is 24.2 Å². The van der Waals surface area contributed by atoms with E-state index in [1.165, 1.54) is 4.90 Å². The van der Waals surface area contributed by atoms with Crippen LogP contribution in [0.4, 0.5) is 10.5 Å². The molecule has 0 spiro atoms. The molecule has 4 rings (SSSR count). The first-order valence-corrected chi connectivity index (χ1v) is 10.5. The second kappa shape index (κ2) is 8.10. The Morgan fingerprint density at radius 3 is 2.62 bits per heavy atom. The van der Waals surface area contributed by atoms with Gasteiger partial charge in [0.25, 0.3) is 5.91 Å². The van der Waals surface area contributed by atoms with Crippen LogP contribution < -0.4 is 10.2 Å². The number of halogens is 1. The summed E-state index contributed by atoms with van der Waals surface area (Å²) in [4.78, 5) is 33.5. The highest BCUT2D eigenvalue weighted by Gasteiger charge is 2.56. The van der Waals surface area contributed by atoms with Crippen molar-refractivity contribution in [3.05, 3.63) is 29.3 Å². The smallest absolute Gasteiger partial charge is 0.327 e. The van der Waals surface area contributed by atoms with E-state index in [2.05, 4.69) is 22.0 Å². The van der Waals surface area contributed by atoms with Gasteiger partial charge in [0.2, 0.25) is 0 Å². The predicted octanol–water partition coefficient (Wildman–Crippen LogP) is 1.61. The van der Waals surface area contributed by atoms with E-state index in [1.807, 2.05) is 31.2 Å². The number of fused-ring (bicyclic) bond motifs is 3. The van der Waals surface area contributed by atoms with Crippen LogP contribution in [0.5, 0.6) is 0 Å². The summed E-state index contributed by atoms with van der Waals surface area (Å²) in [5, 5.41) is 4.21. The fraction of sp³-hybridized carbons (Fsp3) is 0.600. The van der Waals surface area contributed by atoms with Crippen LogP contribution in [-0.4, -0.2) is 85.0 Å². The molecule has 158 valence electrons. The molecular formula is C20H28ClN5O3. The van der Waals surface area contributed by atoms with Gasteiger partial charge in [-0.2, -0.15) is 0 Å². The summed E-state index contributed by atoms with van der Waals surface area (Å²) in [6.45, 7) is 6.90. The predicted molar refractivity (Wildman–Crippen MR) is 111 cm³/mol. The first-order valence-electron chi connectivity index (χ1n) is 10.1. The zero-order valence-electron chi connectivity index (χ0n) is 17.0. The van der Waals surface area contributed by atoms with Crippen LogP contribution in [0, 0.1) is 5.92 Å². The van der Waals surface area contributed by atoms with E-state index in [-0.39, 0.29) is 30.9 Å². The number of likely N-dealkylation sites (N-methyl/N-ethyl adjacent to an activating group) is 1. The highest BCUT2D eigenvalue weighted by Crippen LogP contribution is 2.34. The summed E-state index contributed by atoms with van der Waals surface area (Å²) in [6.07, 6.45) is -0.517. The lowest BCUT2D eigenvalue weighted by atomic mass is 10.0. The molecule has 0 bridgehead atoms. The van der Waals surface area contributed by atoms with Gasteiger partial charge in [0, 0.05) is 37.5 Å². The van der Waals surface area contributed by atoms with Crippen molar-refractivity contribution in [2.75, 3.05) is 44.8 Å². The van der Waals surface area contributed by atoms with E-state index < -0.39 is 6.04 Å². The molecule has 0 saturated carbocycles. The van der Waals surface area contributed by atoms with Crippen molar-refractivity contribution in [1.82, 2.24) is 20.0 Å². The van der Waals surface area contributed by atoms with Gasteiger partial charge in [0.1, 0.15) is 18.5 Å². The van der Waals surface area contributed by atoms with Crippen LogP contribution in [0.3, 0.4) is 0 Å². The van der Waals surface area contributed by atoms with Gasteiger partial charge in [-0.05, 0) is 37.1 Å². The zero-order chi connectivity index (χ0) is 20.7. The Labute approximate surface area is 176 Å². The van der Waals surface area contributed by atoms with E-state index in [0.717, 1.165) is 18.8 Å². The van der Waals surface area contributed by atoms with Crippen LogP contribution >= 0.6 is 11.6 Å². The molecule has 4 unspecified atom stereocenters. The standard InChI is InChI=1S/C20H28ClN5O3/c1-4-29-10-9-24-18(27)16-17(23(3)20(24)28)22-19-25(11-13(2)12-26(16)19)15-7-5-14(21)6-8-15/h5-8,13,16-17,19,22H,4,9-12H2,1-3H3. The van der Waals surface area contributed by atoms with Crippen molar-refractivity contribution in [3.63, 3.8) is 0 Å². The highest BCUT2D eigenvalue weighted by atomic mass is 35.5. The van der Waals surface area contributed by atoms with E-state index in [4.69, 9.17) is 16.3 Å². The summed E-state index contributed by atoms with van der Waals surface area (Å²) in [5.41, 5.74) is 1.04. The summed E-state index contributed by atoms with van der Waals surface area (Å²) in [7, 11) is 1.75. The average molecular weight is 422 g/mol. The summed E-state index contributed by atoms with van der Waals surface area (Å²) in [6, 6.07) is 7.04. The molecule has 1 N–H and O–H groups in total. The van der Waals surface area contributed by atoms with Crippen LogP contribution in [0.25, 0.3) is 0 Å². The molecule has 3 aliphatic rings. The number of carbonyl (C=O) groups is 2. The molecule has 3 saturated heterocycles. The van der Waals surface area contributed by atoms with Gasteiger partial charge in [-0.3, -0.25) is 19.9 Å². The monoisotopic (exact) mass is 421 g/mol. The molecule has 1 aromatic carbocycles. The number of nitrogens with zero attached hydrogens (tertiary/aromatic N) is 4. The minimum absolute atomic E-state index is 0.155. The number of hydrogen-bond acceptors (Lipinski definition) is 6. The molecule has 0 radical (unpaired) electrons. The molecule has 9 heteroatoms. The minimum Gasteiger partial charge on any atom is -0.380 e. The Morgan fingerprint density at radius 1 is 1.21 bits per heavy atom. The Balaban J connectivity index is 1.61. The summed E-state index contributed by atoms with van der Waals surface area (Å²) >= 11 is 6.06. The van der Waals surface area contributed by atoms with E-state index in [9.17, 15) is 9.59 Å². The third kappa shape index (κ3) is 3.59. The second-order valence-electron chi connectivity index (χ2n) is 7.94. The molecule has 3 heterocycles. The number of hydrogen-bond donors (Lipinski definition) is 1. The fourth-order valence-electron chi connectivity index (χ4n) is 4.56. The number of imide groups is 1. The normalized spacial score (nSPS) is 30.0. The van der Waals surface area contributed by atoms with Gasteiger partial charge < -0.3 is 14.5 Å². The lowest BCUT2D eigenvalue weighted by Gasteiger charge is -2.46. The maximum Gasteiger partial charge on any atom is 0.327 e. The quantitative estimate of drug-likeness (QED) is 0.728. The molecule has 8 nitrogen and oxygen atoms in total. The number of nitrogens with one attached hydrogen (secondary N) is 1. The Hall–Kier alpha value is -1.87. The van der Waals surface area contributed by atoms with Crippen molar-refractivity contribution in [1.29, 1.82) is 0 Å². The summed E-state index contributed by atoms with van der Waals surface area (Å²) in [5.74, 6) is 0.216. The second-order valence-corrected chi connectivity index (χ2v) is 8.38. The maximum absolute atomic E-state index is 13.3.